The van der Waals surface area contributed by atoms with Crippen LogP contribution in [-0.2, 0) is 11.8 Å². The molecule has 2 rings (SSSR count). The van der Waals surface area contributed by atoms with Crippen LogP contribution < -0.4 is 10.6 Å². The molecule has 0 unspecified atom stereocenters. The topological polar surface area (TPSA) is 109 Å². The highest BCUT2D eigenvalue weighted by atomic mass is 16.3. The number of hydrogen-bond acceptors (Lipinski definition) is 5. The summed E-state index contributed by atoms with van der Waals surface area (Å²) in [6.07, 6.45) is 1.39. The first-order valence-corrected chi connectivity index (χ1v) is 6.75. The van der Waals surface area contributed by atoms with Gasteiger partial charge in [0.1, 0.15) is 5.82 Å². The van der Waals surface area contributed by atoms with Gasteiger partial charge in [0.25, 0.3) is 11.8 Å². The molecular formula is C14H17N5O4. The second-order valence-electron chi connectivity index (χ2n) is 4.94. The van der Waals surface area contributed by atoms with Gasteiger partial charge in [0.15, 0.2) is 11.5 Å². The van der Waals surface area contributed by atoms with E-state index in [2.05, 4.69) is 15.7 Å². The van der Waals surface area contributed by atoms with Gasteiger partial charge in [0, 0.05) is 27.2 Å². The lowest BCUT2D eigenvalue weighted by molar-refractivity contribution is -0.127. The largest absolute Gasteiger partial charge is 0.459 e. The minimum Gasteiger partial charge on any atom is -0.459 e. The number of likely N-dealkylation sites (N-methyl/N-ethyl adjacent to an activating group) is 1. The van der Waals surface area contributed by atoms with E-state index in [1.54, 1.807) is 27.2 Å². The molecule has 0 spiro atoms. The zero-order valence-electron chi connectivity index (χ0n) is 13.0. The Balaban J connectivity index is 2.01. The summed E-state index contributed by atoms with van der Waals surface area (Å²) >= 11 is 0. The number of carbonyl (C=O) groups is 3. The molecule has 0 radical (unpaired) electrons. The number of rotatable bonds is 5. The number of nitrogens with one attached hydrogen (secondary N) is 2. The lowest BCUT2D eigenvalue weighted by Gasteiger charge is -2.09. The first kappa shape index (κ1) is 16.3. The number of hydrogen-bond donors (Lipinski definition) is 2. The average molecular weight is 319 g/mol. The van der Waals surface area contributed by atoms with Crippen LogP contribution in [0, 0.1) is 0 Å². The number of aromatic nitrogens is 2. The number of nitrogens with zero attached hydrogens (tertiary/aromatic N) is 3. The predicted molar refractivity (Wildman–Crippen MR) is 80.9 cm³/mol. The molecule has 2 heterocycles. The minimum absolute atomic E-state index is 0.0915. The first-order chi connectivity index (χ1) is 10.9. The van der Waals surface area contributed by atoms with Crippen molar-refractivity contribution in [1.82, 2.24) is 20.0 Å². The van der Waals surface area contributed by atoms with Crippen LogP contribution in [0.3, 0.4) is 0 Å². The summed E-state index contributed by atoms with van der Waals surface area (Å²) in [7, 11) is 4.77. The molecule has 2 N–H and O–H groups in total. The molecule has 0 bridgehead atoms. The van der Waals surface area contributed by atoms with Gasteiger partial charge in [-0.25, -0.2) is 0 Å². The van der Waals surface area contributed by atoms with Crippen LogP contribution in [0.5, 0.6) is 0 Å². The summed E-state index contributed by atoms with van der Waals surface area (Å²) in [6.45, 7) is -0.128. The Hall–Kier alpha value is -3.10. The van der Waals surface area contributed by atoms with Gasteiger partial charge in [0.2, 0.25) is 5.91 Å². The van der Waals surface area contributed by atoms with E-state index >= 15 is 0 Å². The van der Waals surface area contributed by atoms with E-state index in [0.29, 0.717) is 5.82 Å². The summed E-state index contributed by atoms with van der Waals surface area (Å²) in [5, 5.41) is 9.05. The number of amides is 3. The van der Waals surface area contributed by atoms with Crippen LogP contribution in [-0.4, -0.2) is 53.0 Å². The van der Waals surface area contributed by atoms with Crippen LogP contribution in [0.4, 0.5) is 5.82 Å². The van der Waals surface area contributed by atoms with Crippen molar-refractivity contribution in [2.45, 2.75) is 0 Å². The van der Waals surface area contributed by atoms with Gasteiger partial charge in [-0.1, -0.05) is 0 Å². The molecule has 0 aromatic carbocycles. The second kappa shape index (κ2) is 6.77. The van der Waals surface area contributed by atoms with E-state index in [9.17, 15) is 14.4 Å². The lowest BCUT2D eigenvalue weighted by Crippen LogP contribution is -2.36. The van der Waals surface area contributed by atoms with Gasteiger partial charge in [-0.15, -0.1) is 0 Å². The molecule has 0 fully saturated rings. The van der Waals surface area contributed by atoms with E-state index < -0.39 is 11.8 Å². The van der Waals surface area contributed by atoms with E-state index in [-0.39, 0.29) is 23.9 Å². The summed E-state index contributed by atoms with van der Waals surface area (Å²) in [5.74, 6) is -0.716. The quantitative estimate of drug-likeness (QED) is 0.811. The van der Waals surface area contributed by atoms with Crippen molar-refractivity contribution in [3.8, 4) is 0 Å². The molecule has 2 aromatic rings. The van der Waals surface area contributed by atoms with Crippen molar-refractivity contribution in [3.63, 3.8) is 0 Å². The normalized spacial score (nSPS) is 10.2. The van der Waals surface area contributed by atoms with E-state index in [0.717, 1.165) is 0 Å². The summed E-state index contributed by atoms with van der Waals surface area (Å²) < 4.78 is 6.34. The maximum absolute atomic E-state index is 12.0. The SMILES string of the molecule is CN(C)C(=O)CNC(=O)c1cc(NC(=O)c2ccco2)n(C)n1. The number of furan rings is 1. The maximum Gasteiger partial charge on any atom is 0.292 e. The highest BCUT2D eigenvalue weighted by molar-refractivity contribution is 6.02. The molecule has 0 aliphatic rings. The summed E-state index contributed by atoms with van der Waals surface area (Å²) in [6, 6.07) is 4.53. The third-order valence-electron chi connectivity index (χ3n) is 3.00. The fourth-order valence-electron chi connectivity index (χ4n) is 1.69. The Kier molecular flexibility index (Phi) is 4.79. The number of anilines is 1. The van der Waals surface area contributed by atoms with Crippen LogP contribution in [0.1, 0.15) is 21.0 Å². The zero-order valence-corrected chi connectivity index (χ0v) is 13.0. The molecule has 122 valence electrons. The molecule has 23 heavy (non-hydrogen) atoms. The van der Waals surface area contributed by atoms with Gasteiger partial charge in [-0.3, -0.25) is 19.1 Å². The number of carbonyl (C=O) groups excluding carboxylic acids is 3. The van der Waals surface area contributed by atoms with E-state index in [4.69, 9.17) is 4.42 Å². The van der Waals surface area contributed by atoms with E-state index in [1.165, 1.54) is 28.0 Å². The molecule has 0 saturated carbocycles. The molecule has 9 heteroatoms. The minimum atomic E-state index is -0.505. The highest BCUT2D eigenvalue weighted by Crippen LogP contribution is 2.11. The molecule has 0 aliphatic heterocycles. The molecule has 0 atom stereocenters. The zero-order chi connectivity index (χ0) is 17.0. The van der Waals surface area contributed by atoms with Gasteiger partial charge in [-0.2, -0.15) is 5.10 Å². The van der Waals surface area contributed by atoms with Gasteiger partial charge >= 0.3 is 0 Å². The summed E-state index contributed by atoms with van der Waals surface area (Å²) in [5.41, 5.74) is 0.0915. The Bertz CT molecular complexity index is 718. The Labute approximate surface area is 132 Å². The molecular weight excluding hydrogens is 302 g/mol. The third-order valence-corrected chi connectivity index (χ3v) is 3.00. The van der Waals surface area contributed by atoms with Crippen LogP contribution in [0.2, 0.25) is 0 Å². The second-order valence-corrected chi connectivity index (χ2v) is 4.94. The standard InChI is InChI=1S/C14H17N5O4/c1-18(2)12(20)8-15-13(21)9-7-11(19(3)17-9)16-14(22)10-5-4-6-23-10/h4-7H,8H2,1-3H3,(H,15,21)(H,16,22). The van der Waals surface area contributed by atoms with Gasteiger partial charge < -0.3 is 20.0 Å². The predicted octanol–water partition coefficient (Wildman–Crippen LogP) is 0.0834. The average Bonchev–Trinajstić information content (AvgIpc) is 3.15. The Morgan fingerprint density at radius 2 is 2.04 bits per heavy atom. The molecule has 9 nitrogen and oxygen atoms in total. The van der Waals surface area contributed by atoms with E-state index in [1.807, 2.05) is 0 Å². The van der Waals surface area contributed by atoms with Crippen LogP contribution in [0.15, 0.2) is 28.9 Å². The fraction of sp³-hybridized carbons (Fsp3) is 0.286. The van der Waals surface area contributed by atoms with Gasteiger partial charge in [0.05, 0.1) is 12.8 Å². The van der Waals surface area contributed by atoms with Gasteiger partial charge in [-0.05, 0) is 12.1 Å². The fourth-order valence-corrected chi connectivity index (χ4v) is 1.69. The lowest BCUT2D eigenvalue weighted by atomic mass is 10.3. The third kappa shape index (κ3) is 3.96. The molecule has 0 saturated heterocycles. The van der Waals surface area contributed by atoms with Crippen LogP contribution in [0.25, 0.3) is 0 Å². The van der Waals surface area contributed by atoms with Crippen molar-refractivity contribution in [3.05, 3.63) is 35.9 Å². The van der Waals surface area contributed by atoms with Crippen molar-refractivity contribution < 1.29 is 18.8 Å². The maximum atomic E-state index is 12.0. The molecule has 3 amide bonds. The van der Waals surface area contributed by atoms with Crippen LogP contribution >= 0.6 is 0 Å². The molecule has 0 aliphatic carbocycles. The molecule has 2 aromatic heterocycles. The smallest absolute Gasteiger partial charge is 0.292 e. The van der Waals surface area contributed by atoms with Crippen molar-refractivity contribution >= 4 is 23.5 Å². The van der Waals surface area contributed by atoms with Crippen molar-refractivity contribution in [2.75, 3.05) is 26.0 Å². The monoisotopic (exact) mass is 319 g/mol. The highest BCUT2D eigenvalue weighted by Gasteiger charge is 2.17. The Morgan fingerprint density at radius 1 is 1.30 bits per heavy atom. The number of aryl methyl sites for hydroxylation is 1. The first-order valence-electron chi connectivity index (χ1n) is 6.75. The van der Waals surface area contributed by atoms with Crippen molar-refractivity contribution in [1.29, 1.82) is 0 Å². The summed E-state index contributed by atoms with van der Waals surface area (Å²) in [4.78, 5) is 36.7. The Morgan fingerprint density at radius 3 is 2.65 bits per heavy atom. The van der Waals surface area contributed by atoms with Crippen molar-refractivity contribution in [2.24, 2.45) is 7.05 Å².